The van der Waals surface area contributed by atoms with Crippen LogP contribution in [0.3, 0.4) is 0 Å². The number of nitrogens with one attached hydrogen (secondary N) is 2. The molecule has 1 aliphatic rings. The third-order valence-corrected chi connectivity index (χ3v) is 5.62. The molecule has 0 unspecified atom stereocenters. The van der Waals surface area contributed by atoms with Crippen LogP contribution in [0, 0.1) is 12.8 Å². The summed E-state index contributed by atoms with van der Waals surface area (Å²) >= 11 is 5.96. The van der Waals surface area contributed by atoms with Crippen molar-refractivity contribution in [3.8, 4) is 0 Å². The van der Waals surface area contributed by atoms with Crippen LogP contribution in [0.15, 0.2) is 18.2 Å². The highest BCUT2D eigenvalue weighted by molar-refractivity contribution is 7.92. The summed E-state index contributed by atoms with van der Waals surface area (Å²) in [5, 5.41) is 5.47. The van der Waals surface area contributed by atoms with Gasteiger partial charge in [0.05, 0.1) is 12.3 Å². The van der Waals surface area contributed by atoms with Crippen molar-refractivity contribution in [2.24, 2.45) is 5.92 Å². The molecule has 126 valence electrons. The lowest BCUT2D eigenvalue weighted by Gasteiger charge is -2.10. The van der Waals surface area contributed by atoms with Gasteiger partial charge in [-0.3, -0.25) is 9.59 Å². The fourth-order valence-corrected chi connectivity index (χ4v) is 3.91. The van der Waals surface area contributed by atoms with Gasteiger partial charge in [0.25, 0.3) is 0 Å². The van der Waals surface area contributed by atoms with Gasteiger partial charge in [-0.05, 0) is 43.4 Å². The van der Waals surface area contributed by atoms with Gasteiger partial charge in [-0.2, -0.15) is 0 Å². The van der Waals surface area contributed by atoms with Crippen molar-refractivity contribution in [1.29, 1.82) is 0 Å². The van der Waals surface area contributed by atoms with Crippen molar-refractivity contribution in [2.75, 3.05) is 23.4 Å². The lowest BCUT2D eigenvalue weighted by atomic mass is 10.2. The van der Waals surface area contributed by atoms with E-state index >= 15 is 0 Å². The maximum atomic E-state index is 11.8. The third-order valence-electron chi connectivity index (χ3n) is 3.53. The van der Waals surface area contributed by atoms with Gasteiger partial charge < -0.3 is 10.6 Å². The van der Waals surface area contributed by atoms with E-state index in [4.69, 9.17) is 11.6 Å². The second-order valence-corrected chi connectivity index (χ2v) is 8.25. The summed E-state index contributed by atoms with van der Waals surface area (Å²) in [4.78, 5) is 23.5. The molecule has 1 aromatic rings. The number of halogens is 1. The maximum absolute atomic E-state index is 11.8. The van der Waals surface area contributed by atoms with E-state index in [0.717, 1.165) is 18.4 Å². The molecular weight excluding hydrogens is 340 g/mol. The van der Waals surface area contributed by atoms with Gasteiger partial charge in [-0.25, -0.2) is 8.42 Å². The second-order valence-electron chi connectivity index (χ2n) is 5.74. The summed E-state index contributed by atoms with van der Waals surface area (Å²) in [5.74, 6) is -1.43. The van der Waals surface area contributed by atoms with Crippen molar-refractivity contribution in [2.45, 2.75) is 19.8 Å². The predicted molar refractivity (Wildman–Crippen MR) is 89.2 cm³/mol. The smallest absolute Gasteiger partial charge is 0.243 e. The first-order chi connectivity index (χ1) is 10.8. The summed E-state index contributed by atoms with van der Waals surface area (Å²) in [5.41, 5.74) is 1.28. The number of hydrogen-bond donors (Lipinski definition) is 2. The average Bonchev–Trinajstić information content (AvgIpc) is 3.24. The minimum atomic E-state index is -3.40. The quantitative estimate of drug-likeness (QED) is 0.773. The van der Waals surface area contributed by atoms with Gasteiger partial charge in [0, 0.05) is 10.7 Å². The molecular formula is C15H19ClN2O4S. The summed E-state index contributed by atoms with van der Waals surface area (Å²) < 4.78 is 23.5. The molecule has 8 heteroatoms. The van der Waals surface area contributed by atoms with Crippen molar-refractivity contribution in [3.05, 3.63) is 28.8 Å². The van der Waals surface area contributed by atoms with Gasteiger partial charge in [0.2, 0.25) is 11.8 Å². The molecule has 1 fully saturated rings. The number of carbonyl (C=O) groups is 2. The topological polar surface area (TPSA) is 92.3 Å². The van der Waals surface area contributed by atoms with Gasteiger partial charge in [-0.1, -0.05) is 17.7 Å². The Kier molecular flexibility index (Phi) is 5.64. The molecule has 0 heterocycles. The Morgan fingerprint density at radius 2 is 1.96 bits per heavy atom. The summed E-state index contributed by atoms with van der Waals surface area (Å²) in [7, 11) is -3.40. The number of sulfone groups is 1. The van der Waals surface area contributed by atoms with Crippen LogP contribution in [-0.2, 0) is 19.4 Å². The molecule has 1 aromatic carbocycles. The maximum Gasteiger partial charge on any atom is 0.243 e. The highest BCUT2D eigenvalue weighted by Crippen LogP contribution is 2.30. The van der Waals surface area contributed by atoms with E-state index < -0.39 is 27.4 Å². The molecule has 6 nitrogen and oxygen atoms in total. The number of hydrogen-bond acceptors (Lipinski definition) is 4. The summed E-state index contributed by atoms with van der Waals surface area (Å²) in [6.45, 7) is 1.48. The van der Waals surface area contributed by atoms with Crippen LogP contribution in [0.4, 0.5) is 5.69 Å². The molecule has 0 aliphatic heterocycles. The molecule has 0 bridgehead atoms. The van der Waals surface area contributed by atoms with Crippen LogP contribution in [0.25, 0.3) is 0 Å². The molecule has 0 atom stereocenters. The standard InChI is InChI=1S/C15H19ClN2O4S/c1-10-12(16)3-2-4-13(10)18-14(19)7-17-15(20)9-23(21,22)8-11-5-6-11/h2-4,11H,5-9H2,1H3,(H,17,20)(H,18,19). The van der Waals surface area contributed by atoms with Crippen molar-refractivity contribution < 1.29 is 18.0 Å². The van der Waals surface area contributed by atoms with E-state index in [1.54, 1.807) is 25.1 Å². The molecule has 23 heavy (non-hydrogen) atoms. The van der Waals surface area contributed by atoms with Gasteiger partial charge >= 0.3 is 0 Å². The van der Waals surface area contributed by atoms with E-state index in [1.165, 1.54) is 0 Å². The first-order valence-corrected chi connectivity index (χ1v) is 9.49. The molecule has 0 saturated heterocycles. The fourth-order valence-electron chi connectivity index (χ4n) is 2.07. The zero-order valence-electron chi connectivity index (χ0n) is 12.8. The van der Waals surface area contributed by atoms with Crippen LogP contribution in [-0.4, -0.2) is 38.3 Å². The molecule has 2 N–H and O–H groups in total. The number of anilines is 1. The number of carbonyl (C=O) groups excluding carboxylic acids is 2. The van der Waals surface area contributed by atoms with Crippen molar-refractivity contribution in [1.82, 2.24) is 5.32 Å². The van der Waals surface area contributed by atoms with E-state index in [2.05, 4.69) is 10.6 Å². The first kappa shape index (κ1) is 17.7. The largest absolute Gasteiger partial charge is 0.346 e. The van der Waals surface area contributed by atoms with E-state index in [1.807, 2.05) is 0 Å². The zero-order chi connectivity index (χ0) is 17.0. The Morgan fingerprint density at radius 1 is 1.26 bits per heavy atom. The Bertz CT molecular complexity index is 714. The Balaban J connectivity index is 1.79. The Hall–Kier alpha value is -1.60. The number of rotatable bonds is 7. The molecule has 2 rings (SSSR count). The minimum Gasteiger partial charge on any atom is -0.346 e. The average molecular weight is 359 g/mol. The highest BCUT2D eigenvalue weighted by Gasteiger charge is 2.29. The van der Waals surface area contributed by atoms with Gasteiger partial charge in [-0.15, -0.1) is 0 Å². The zero-order valence-corrected chi connectivity index (χ0v) is 14.3. The van der Waals surface area contributed by atoms with Gasteiger partial charge in [0.15, 0.2) is 9.84 Å². The molecule has 1 saturated carbocycles. The molecule has 0 radical (unpaired) electrons. The van der Waals surface area contributed by atoms with Crippen LogP contribution in [0.1, 0.15) is 18.4 Å². The Labute approximate surface area is 140 Å². The SMILES string of the molecule is Cc1c(Cl)cccc1NC(=O)CNC(=O)CS(=O)(=O)CC1CC1. The van der Waals surface area contributed by atoms with Crippen LogP contribution in [0.2, 0.25) is 5.02 Å². The minimum absolute atomic E-state index is 0.0499. The Morgan fingerprint density at radius 3 is 2.61 bits per heavy atom. The molecule has 0 spiro atoms. The van der Waals surface area contributed by atoms with Crippen molar-refractivity contribution in [3.63, 3.8) is 0 Å². The van der Waals surface area contributed by atoms with Crippen LogP contribution >= 0.6 is 11.6 Å². The molecule has 0 aromatic heterocycles. The lowest BCUT2D eigenvalue weighted by molar-refractivity contribution is -0.122. The number of amides is 2. The summed E-state index contributed by atoms with van der Waals surface area (Å²) in [6, 6.07) is 5.11. The predicted octanol–water partition coefficient (Wildman–Crippen LogP) is 1.53. The summed E-state index contributed by atoms with van der Waals surface area (Å²) in [6.07, 6.45) is 1.81. The van der Waals surface area contributed by atoms with E-state index in [-0.39, 0.29) is 18.2 Å². The number of benzene rings is 1. The van der Waals surface area contributed by atoms with Crippen LogP contribution in [0.5, 0.6) is 0 Å². The fraction of sp³-hybridized carbons (Fsp3) is 0.467. The molecule has 2 amide bonds. The highest BCUT2D eigenvalue weighted by atomic mass is 35.5. The first-order valence-electron chi connectivity index (χ1n) is 7.29. The molecule has 1 aliphatic carbocycles. The van der Waals surface area contributed by atoms with E-state index in [9.17, 15) is 18.0 Å². The van der Waals surface area contributed by atoms with Crippen molar-refractivity contribution >= 4 is 38.9 Å². The second kappa shape index (κ2) is 7.31. The normalized spacial score (nSPS) is 14.3. The lowest BCUT2D eigenvalue weighted by Crippen LogP contribution is -2.37. The third kappa shape index (κ3) is 5.84. The van der Waals surface area contributed by atoms with E-state index in [0.29, 0.717) is 10.7 Å². The monoisotopic (exact) mass is 358 g/mol. The van der Waals surface area contributed by atoms with Gasteiger partial charge in [0.1, 0.15) is 5.75 Å². The van der Waals surface area contributed by atoms with Crippen LogP contribution < -0.4 is 10.6 Å².